The highest BCUT2D eigenvalue weighted by molar-refractivity contribution is 6.42. The predicted molar refractivity (Wildman–Crippen MR) is 104 cm³/mol. The number of nitrogens with one attached hydrogen (secondary N) is 1. The molecule has 1 N–H and O–H groups in total. The number of nitrogens with zero attached hydrogens (tertiary/aromatic N) is 1. The molecule has 2 aromatic rings. The molecule has 1 heterocycles. The monoisotopic (exact) mass is 412 g/mol. The zero-order valence-electron chi connectivity index (χ0n) is 13.8. The molecule has 136 valence electrons. The fraction of sp³-hybridized carbons (Fsp3) is 0.222. The minimum absolute atomic E-state index is 0.100. The smallest absolute Gasteiger partial charge is 0.229 e. The van der Waals surface area contributed by atoms with Crippen LogP contribution < -0.4 is 15.0 Å². The highest BCUT2D eigenvalue weighted by Gasteiger charge is 2.36. The van der Waals surface area contributed by atoms with E-state index < -0.39 is 5.92 Å². The van der Waals surface area contributed by atoms with Crippen LogP contribution in [0.2, 0.25) is 15.1 Å². The van der Waals surface area contributed by atoms with Crippen LogP contribution in [-0.4, -0.2) is 25.5 Å². The van der Waals surface area contributed by atoms with Gasteiger partial charge in [0.2, 0.25) is 11.8 Å². The first-order valence-electron chi connectivity index (χ1n) is 7.79. The number of methoxy groups -OCH3 is 1. The molecule has 3 rings (SSSR count). The molecular formula is C18H15Cl3N2O3. The van der Waals surface area contributed by atoms with Gasteiger partial charge in [-0.3, -0.25) is 9.59 Å². The van der Waals surface area contributed by atoms with Crippen molar-refractivity contribution in [2.24, 2.45) is 5.92 Å². The van der Waals surface area contributed by atoms with Crippen molar-refractivity contribution in [1.82, 2.24) is 0 Å². The molecule has 26 heavy (non-hydrogen) atoms. The van der Waals surface area contributed by atoms with Crippen LogP contribution in [0.25, 0.3) is 0 Å². The normalized spacial score (nSPS) is 16.7. The van der Waals surface area contributed by atoms with E-state index in [-0.39, 0.29) is 24.8 Å². The average molecular weight is 414 g/mol. The summed E-state index contributed by atoms with van der Waals surface area (Å²) in [6.07, 6.45) is 0.100. The van der Waals surface area contributed by atoms with E-state index in [9.17, 15) is 9.59 Å². The fourth-order valence-corrected chi connectivity index (χ4v) is 3.27. The molecule has 5 nitrogen and oxygen atoms in total. The lowest BCUT2D eigenvalue weighted by molar-refractivity contribution is -0.122. The van der Waals surface area contributed by atoms with Gasteiger partial charge in [0.15, 0.2) is 0 Å². The molecule has 0 spiro atoms. The first-order chi connectivity index (χ1) is 12.4. The zero-order valence-corrected chi connectivity index (χ0v) is 16.0. The Bertz CT molecular complexity index is 873. The Morgan fingerprint density at radius 3 is 2.62 bits per heavy atom. The van der Waals surface area contributed by atoms with Gasteiger partial charge < -0.3 is 15.0 Å². The molecule has 0 bridgehead atoms. The van der Waals surface area contributed by atoms with Crippen molar-refractivity contribution in [1.29, 1.82) is 0 Å². The first-order valence-corrected chi connectivity index (χ1v) is 8.92. The van der Waals surface area contributed by atoms with E-state index in [0.717, 1.165) is 0 Å². The van der Waals surface area contributed by atoms with Crippen molar-refractivity contribution in [3.63, 3.8) is 0 Å². The summed E-state index contributed by atoms with van der Waals surface area (Å²) in [5.74, 6) is -0.408. The number of anilines is 2. The molecule has 0 unspecified atom stereocenters. The maximum Gasteiger partial charge on any atom is 0.229 e. The third kappa shape index (κ3) is 3.90. The second-order valence-electron chi connectivity index (χ2n) is 5.84. The summed E-state index contributed by atoms with van der Waals surface area (Å²) in [4.78, 5) is 26.5. The number of rotatable bonds is 4. The van der Waals surface area contributed by atoms with Gasteiger partial charge in [-0.2, -0.15) is 0 Å². The second-order valence-corrected chi connectivity index (χ2v) is 7.09. The van der Waals surface area contributed by atoms with Crippen molar-refractivity contribution in [3.05, 3.63) is 51.5 Å². The molecule has 0 aliphatic carbocycles. The Kier molecular flexibility index (Phi) is 5.61. The Morgan fingerprint density at radius 2 is 1.92 bits per heavy atom. The van der Waals surface area contributed by atoms with Crippen LogP contribution in [0.15, 0.2) is 36.4 Å². The van der Waals surface area contributed by atoms with Crippen LogP contribution in [-0.2, 0) is 9.59 Å². The van der Waals surface area contributed by atoms with E-state index in [1.165, 1.54) is 12.0 Å². The van der Waals surface area contributed by atoms with Gasteiger partial charge in [0.25, 0.3) is 0 Å². The first kappa shape index (κ1) is 18.8. The van der Waals surface area contributed by atoms with Crippen molar-refractivity contribution in [2.75, 3.05) is 23.9 Å². The van der Waals surface area contributed by atoms with Crippen molar-refractivity contribution in [2.45, 2.75) is 6.42 Å². The predicted octanol–water partition coefficient (Wildman–Crippen LogP) is 4.65. The summed E-state index contributed by atoms with van der Waals surface area (Å²) >= 11 is 17.9. The molecular weight excluding hydrogens is 399 g/mol. The van der Waals surface area contributed by atoms with Crippen LogP contribution in [0.5, 0.6) is 5.75 Å². The molecule has 0 radical (unpaired) electrons. The SMILES string of the molecule is COc1ccc(Cl)cc1N1C[C@@H](C(=O)Nc2ccc(Cl)c(Cl)c2)CC1=O. The zero-order chi connectivity index (χ0) is 18.8. The summed E-state index contributed by atoms with van der Waals surface area (Å²) in [5.41, 5.74) is 1.07. The average Bonchev–Trinajstić information content (AvgIpc) is 3.00. The van der Waals surface area contributed by atoms with Crippen molar-refractivity contribution in [3.8, 4) is 5.75 Å². The van der Waals surface area contributed by atoms with Gasteiger partial charge in [-0.15, -0.1) is 0 Å². The molecule has 1 aliphatic rings. The van der Waals surface area contributed by atoms with E-state index >= 15 is 0 Å². The van der Waals surface area contributed by atoms with Gasteiger partial charge in [0, 0.05) is 23.7 Å². The van der Waals surface area contributed by atoms with Gasteiger partial charge in [-0.25, -0.2) is 0 Å². The molecule has 2 amide bonds. The number of benzene rings is 2. The molecule has 1 saturated heterocycles. The van der Waals surface area contributed by atoms with Crippen molar-refractivity contribution >= 4 is 58.0 Å². The maximum atomic E-state index is 12.5. The van der Waals surface area contributed by atoms with Gasteiger partial charge in [-0.1, -0.05) is 34.8 Å². The van der Waals surface area contributed by atoms with E-state index in [1.54, 1.807) is 36.4 Å². The van der Waals surface area contributed by atoms with Gasteiger partial charge in [-0.05, 0) is 36.4 Å². The molecule has 2 aromatic carbocycles. The Labute approximate surface area is 165 Å². The van der Waals surface area contributed by atoms with Crippen LogP contribution >= 0.6 is 34.8 Å². The minimum Gasteiger partial charge on any atom is -0.495 e. The van der Waals surface area contributed by atoms with E-state index in [4.69, 9.17) is 39.5 Å². The lowest BCUT2D eigenvalue weighted by atomic mass is 10.1. The number of halogens is 3. The summed E-state index contributed by atoms with van der Waals surface area (Å²) < 4.78 is 5.30. The van der Waals surface area contributed by atoms with E-state index in [0.29, 0.717) is 32.2 Å². The Hall–Kier alpha value is -1.95. The number of amides is 2. The number of carbonyl (C=O) groups excluding carboxylic acids is 2. The summed E-state index contributed by atoms with van der Waals surface area (Å²) in [5, 5.41) is 4.00. The molecule has 8 heteroatoms. The van der Waals surface area contributed by atoms with Crippen LogP contribution in [0.3, 0.4) is 0 Å². The topological polar surface area (TPSA) is 58.6 Å². The van der Waals surface area contributed by atoms with Gasteiger partial charge in [0.05, 0.1) is 28.8 Å². The lowest BCUT2D eigenvalue weighted by Crippen LogP contribution is -2.28. The molecule has 1 fully saturated rings. The van der Waals surface area contributed by atoms with Crippen LogP contribution in [0.4, 0.5) is 11.4 Å². The highest BCUT2D eigenvalue weighted by Crippen LogP contribution is 2.35. The molecule has 0 aromatic heterocycles. The number of carbonyl (C=O) groups is 2. The van der Waals surface area contributed by atoms with Gasteiger partial charge in [0.1, 0.15) is 5.75 Å². The van der Waals surface area contributed by atoms with Gasteiger partial charge >= 0.3 is 0 Å². The molecule has 0 saturated carbocycles. The largest absolute Gasteiger partial charge is 0.495 e. The molecule has 1 atom stereocenters. The van der Waals surface area contributed by atoms with E-state index in [2.05, 4.69) is 5.32 Å². The quantitative estimate of drug-likeness (QED) is 0.794. The van der Waals surface area contributed by atoms with Crippen LogP contribution in [0, 0.1) is 5.92 Å². The number of ether oxygens (including phenoxy) is 1. The maximum absolute atomic E-state index is 12.5. The number of hydrogen-bond acceptors (Lipinski definition) is 3. The standard InChI is InChI=1S/C18H15Cl3N2O3/c1-26-16-5-2-11(19)7-15(16)23-9-10(6-17(23)24)18(25)22-12-3-4-13(20)14(21)8-12/h2-5,7-8,10H,6,9H2,1H3,(H,22,25)/t10-/m0/s1. The summed E-state index contributed by atoms with van der Waals surface area (Å²) in [7, 11) is 1.52. The third-order valence-corrected chi connectivity index (χ3v) is 5.09. The Morgan fingerprint density at radius 1 is 1.15 bits per heavy atom. The Balaban J connectivity index is 1.76. The number of hydrogen-bond donors (Lipinski definition) is 1. The third-order valence-electron chi connectivity index (χ3n) is 4.11. The highest BCUT2D eigenvalue weighted by atomic mass is 35.5. The molecule has 1 aliphatic heterocycles. The minimum atomic E-state index is -0.499. The van der Waals surface area contributed by atoms with E-state index in [1.807, 2.05) is 0 Å². The summed E-state index contributed by atoms with van der Waals surface area (Å²) in [6.45, 7) is 0.239. The lowest BCUT2D eigenvalue weighted by Gasteiger charge is -2.20. The second kappa shape index (κ2) is 7.74. The van der Waals surface area contributed by atoms with Crippen LogP contribution in [0.1, 0.15) is 6.42 Å². The fourth-order valence-electron chi connectivity index (χ4n) is 2.81. The summed E-state index contributed by atoms with van der Waals surface area (Å²) in [6, 6.07) is 9.84. The van der Waals surface area contributed by atoms with Crippen molar-refractivity contribution < 1.29 is 14.3 Å².